The van der Waals surface area contributed by atoms with E-state index in [4.69, 9.17) is 29.6 Å². The first-order valence-corrected chi connectivity index (χ1v) is 10.7. The fourth-order valence-corrected chi connectivity index (χ4v) is 6.86. The summed E-state index contributed by atoms with van der Waals surface area (Å²) in [6.45, 7) is 0. The van der Waals surface area contributed by atoms with Gasteiger partial charge in [0.05, 0.1) is 0 Å². The summed E-state index contributed by atoms with van der Waals surface area (Å²) in [5, 5.41) is 18.3. The molecule has 0 radical (unpaired) electrons. The van der Waals surface area contributed by atoms with Crippen molar-refractivity contribution in [3.05, 3.63) is 59.7 Å². The Hall–Kier alpha value is -1.34. The first-order chi connectivity index (χ1) is 9.11. The predicted octanol–water partition coefficient (Wildman–Crippen LogP) is 2.84. The van der Waals surface area contributed by atoms with E-state index in [1.807, 2.05) is 0 Å². The van der Waals surface area contributed by atoms with E-state index < -0.39 is 13.5 Å². The van der Waals surface area contributed by atoms with E-state index >= 15 is 0 Å². The Kier molecular flexibility index (Phi) is 4.26. The fraction of sp³-hybridized carbons (Fsp3) is 0. The van der Waals surface area contributed by atoms with Gasteiger partial charge in [0.25, 0.3) is 0 Å². The predicted molar refractivity (Wildman–Crippen MR) is 73.3 cm³/mol. The Labute approximate surface area is 122 Å². The third-order valence-electron chi connectivity index (χ3n) is 2.36. The van der Waals surface area contributed by atoms with E-state index in [0.717, 1.165) is 0 Å². The summed E-state index contributed by atoms with van der Waals surface area (Å²) in [7, 11) is 13.1. The number of hydrogen-bond acceptors (Lipinski definition) is 2. The molecule has 0 aliphatic carbocycles. The Morgan fingerprint density at radius 2 is 1.11 bits per heavy atom. The molecule has 0 aliphatic heterocycles. The van der Waals surface area contributed by atoms with E-state index in [1.165, 1.54) is 0 Å². The molecule has 5 heteroatoms. The first-order valence-electron chi connectivity index (χ1n) is 5.16. The molecule has 0 fully saturated rings. The van der Waals surface area contributed by atoms with Crippen LogP contribution >= 0.6 is 19.1 Å². The van der Waals surface area contributed by atoms with Crippen LogP contribution in [0.2, 0.25) is 0 Å². The zero-order chi connectivity index (χ0) is 13.9. The molecule has 0 unspecified atom stereocenters. The van der Waals surface area contributed by atoms with Crippen molar-refractivity contribution in [3.63, 3.8) is 0 Å². The third-order valence-corrected chi connectivity index (χ3v) is 8.87. The number of nitriles is 2. The third kappa shape index (κ3) is 2.67. The SMILES string of the molecule is N#Cc1cccc[c]1[Pd-2]([Cl])([Cl])[c]1ccccc1C#N. The summed E-state index contributed by atoms with van der Waals surface area (Å²) < 4.78 is 1.25. The van der Waals surface area contributed by atoms with Crippen molar-refractivity contribution >= 4 is 27.1 Å². The maximum atomic E-state index is 9.15. The second-order valence-electron chi connectivity index (χ2n) is 3.48. The molecule has 2 aromatic carbocycles. The van der Waals surface area contributed by atoms with Gasteiger partial charge < -0.3 is 0 Å². The van der Waals surface area contributed by atoms with Crippen LogP contribution in [0.25, 0.3) is 0 Å². The summed E-state index contributed by atoms with van der Waals surface area (Å²) >= 11 is -3.22. The standard InChI is InChI=1S/2C7H4N.2ClH.Pd/c2*8-6-7-4-2-1-3-5-7;;;/h2*1-4H;2*1H;/p-2. The van der Waals surface area contributed by atoms with Crippen molar-refractivity contribution in [2.75, 3.05) is 0 Å². The summed E-state index contributed by atoms with van der Waals surface area (Å²) in [5.41, 5.74) is 0.912. The summed E-state index contributed by atoms with van der Waals surface area (Å²) in [6, 6.07) is 18.2. The Bertz CT molecular complexity index is 640. The minimum atomic E-state index is -3.22. The van der Waals surface area contributed by atoms with Crippen molar-refractivity contribution in [1.82, 2.24) is 0 Å². The second-order valence-corrected chi connectivity index (χ2v) is 11.9. The first kappa shape index (κ1) is 14.1. The molecule has 0 amide bonds. The van der Waals surface area contributed by atoms with E-state index in [0.29, 0.717) is 19.2 Å². The Balaban J connectivity index is 2.67. The molecule has 100 valence electrons. The number of halogens is 2. The number of benzene rings is 2. The van der Waals surface area contributed by atoms with Crippen LogP contribution in [0, 0.1) is 22.7 Å². The summed E-state index contributed by atoms with van der Waals surface area (Å²) in [4.78, 5) is 0. The van der Waals surface area contributed by atoms with E-state index in [1.54, 1.807) is 48.5 Å². The van der Waals surface area contributed by atoms with Crippen LogP contribution in [0.5, 0.6) is 0 Å². The van der Waals surface area contributed by atoms with Crippen LogP contribution in [-0.2, 0) is 13.5 Å². The van der Waals surface area contributed by atoms with Crippen LogP contribution in [0.4, 0.5) is 0 Å². The monoisotopic (exact) mass is 380 g/mol. The molecule has 2 nitrogen and oxygen atoms in total. The van der Waals surface area contributed by atoms with Crippen molar-refractivity contribution < 1.29 is 13.5 Å². The van der Waals surface area contributed by atoms with Gasteiger partial charge in [-0.15, -0.1) is 0 Å². The van der Waals surface area contributed by atoms with E-state index in [-0.39, 0.29) is 0 Å². The van der Waals surface area contributed by atoms with Gasteiger partial charge in [-0.05, 0) is 0 Å². The Morgan fingerprint density at radius 3 is 1.47 bits per heavy atom. The normalized spacial score (nSPS) is 11.4. The van der Waals surface area contributed by atoms with Crippen LogP contribution in [-0.4, -0.2) is 0 Å². The molecular formula is C14H8Cl2N2Pd-2. The molecule has 0 saturated heterocycles. The van der Waals surface area contributed by atoms with Gasteiger partial charge in [-0.1, -0.05) is 0 Å². The van der Waals surface area contributed by atoms with Gasteiger partial charge in [0.1, 0.15) is 0 Å². The van der Waals surface area contributed by atoms with Crippen molar-refractivity contribution in [1.29, 1.82) is 10.5 Å². The van der Waals surface area contributed by atoms with Gasteiger partial charge in [0.2, 0.25) is 0 Å². The molecule has 2 aromatic rings. The molecule has 0 spiro atoms. The topological polar surface area (TPSA) is 47.6 Å². The zero-order valence-electron chi connectivity index (χ0n) is 9.59. The molecule has 0 N–H and O–H groups in total. The zero-order valence-corrected chi connectivity index (χ0v) is 12.7. The van der Waals surface area contributed by atoms with Gasteiger partial charge in [-0.25, -0.2) is 0 Å². The number of nitrogens with zero attached hydrogens (tertiary/aromatic N) is 2. The van der Waals surface area contributed by atoms with Gasteiger partial charge >= 0.3 is 123 Å². The molecule has 0 heterocycles. The van der Waals surface area contributed by atoms with Gasteiger partial charge in [0, 0.05) is 0 Å². The van der Waals surface area contributed by atoms with Gasteiger partial charge in [-0.3, -0.25) is 0 Å². The minimum absolute atomic E-state index is 0.456. The average Bonchev–Trinajstić information content (AvgIpc) is 2.47. The van der Waals surface area contributed by atoms with Crippen LogP contribution in [0.1, 0.15) is 11.1 Å². The molecule has 19 heavy (non-hydrogen) atoms. The molecule has 0 aliphatic rings. The van der Waals surface area contributed by atoms with E-state index in [9.17, 15) is 0 Å². The summed E-state index contributed by atoms with van der Waals surface area (Å²) in [6.07, 6.45) is 0. The van der Waals surface area contributed by atoms with Crippen molar-refractivity contribution in [2.45, 2.75) is 0 Å². The van der Waals surface area contributed by atoms with Crippen LogP contribution in [0.3, 0.4) is 0 Å². The van der Waals surface area contributed by atoms with Crippen LogP contribution in [0.15, 0.2) is 48.5 Å². The summed E-state index contributed by atoms with van der Waals surface area (Å²) in [5.74, 6) is 0. The molecule has 0 atom stereocenters. The molecule has 0 bridgehead atoms. The fourth-order valence-electron chi connectivity index (χ4n) is 1.51. The van der Waals surface area contributed by atoms with Gasteiger partial charge in [-0.2, -0.15) is 0 Å². The number of rotatable bonds is 2. The average molecular weight is 382 g/mol. The maximum absolute atomic E-state index is 9.15. The van der Waals surface area contributed by atoms with Gasteiger partial charge in [0.15, 0.2) is 0 Å². The van der Waals surface area contributed by atoms with Crippen molar-refractivity contribution in [3.8, 4) is 12.1 Å². The Morgan fingerprint density at radius 1 is 0.737 bits per heavy atom. The molecule has 0 aromatic heterocycles. The van der Waals surface area contributed by atoms with Crippen molar-refractivity contribution in [2.24, 2.45) is 0 Å². The van der Waals surface area contributed by atoms with Crippen LogP contribution < -0.4 is 8.07 Å². The molecular weight excluding hydrogens is 373 g/mol. The quantitative estimate of drug-likeness (QED) is 0.751. The number of hydrogen-bond donors (Lipinski definition) is 0. The van der Waals surface area contributed by atoms with E-state index in [2.05, 4.69) is 12.1 Å². The molecule has 0 saturated carbocycles. The molecule has 2 rings (SSSR count). The second kappa shape index (κ2) is 5.75.